The summed E-state index contributed by atoms with van der Waals surface area (Å²) in [4.78, 5) is 1.38. The highest BCUT2D eigenvalue weighted by atomic mass is 32.2. The lowest BCUT2D eigenvalue weighted by atomic mass is 9.80. The van der Waals surface area contributed by atoms with Gasteiger partial charge in [0.05, 0.1) is 5.60 Å². The van der Waals surface area contributed by atoms with Crippen LogP contribution in [0.15, 0.2) is 11.4 Å². The molecule has 0 aromatic carbocycles. The number of hydrogen-bond acceptors (Lipinski definition) is 4. The average molecular weight is 283 g/mol. The Morgan fingerprint density at radius 3 is 3.11 bits per heavy atom. The maximum absolute atomic E-state index is 6.51. The highest BCUT2D eigenvalue weighted by Gasteiger charge is 2.42. The van der Waals surface area contributed by atoms with Crippen molar-refractivity contribution in [3.8, 4) is 0 Å². The van der Waals surface area contributed by atoms with Crippen molar-refractivity contribution in [3.63, 3.8) is 0 Å². The summed E-state index contributed by atoms with van der Waals surface area (Å²) >= 11 is 3.84. The van der Waals surface area contributed by atoms with Crippen LogP contribution in [0.3, 0.4) is 0 Å². The summed E-state index contributed by atoms with van der Waals surface area (Å²) in [5, 5.41) is 2.16. The first kappa shape index (κ1) is 13.0. The molecule has 2 aliphatic rings. The summed E-state index contributed by atoms with van der Waals surface area (Å²) in [6, 6.07) is 2.39. The Bertz CT molecular complexity index is 412. The third-order valence-corrected chi connectivity index (χ3v) is 6.65. The average Bonchev–Trinajstić information content (AvgIpc) is 2.98. The van der Waals surface area contributed by atoms with Crippen LogP contribution in [-0.4, -0.2) is 23.7 Å². The monoisotopic (exact) mass is 283 g/mol. The fourth-order valence-electron chi connectivity index (χ4n) is 3.18. The molecule has 2 saturated heterocycles. The summed E-state index contributed by atoms with van der Waals surface area (Å²) in [5.74, 6) is 3.01. The molecule has 4 heteroatoms. The lowest BCUT2D eigenvalue weighted by molar-refractivity contribution is -0.0832. The molecule has 3 unspecified atom stereocenters. The molecule has 100 valence electrons. The van der Waals surface area contributed by atoms with Gasteiger partial charge in [0.2, 0.25) is 0 Å². The van der Waals surface area contributed by atoms with Crippen molar-refractivity contribution in [2.75, 3.05) is 18.1 Å². The molecule has 1 aromatic heterocycles. The molecular weight excluding hydrogens is 262 g/mol. The van der Waals surface area contributed by atoms with Crippen LogP contribution in [0.4, 0.5) is 0 Å². The summed E-state index contributed by atoms with van der Waals surface area (Å²) in [7, 11) is 0. The quantitative estimate of drug-likeness (QED) is 0.904. The largest absolute Gasteiger partial charge is 0.374 e. The smallest absolute Gasteiger partial charge is 0.0783 e. The Morgan fingerprint density at radius 1 is 1.56 bits per heavy atom. The molecule has 2 nitrogen and oxygen atoms in total. The molecule has 2 fully saturated rings. The molecule has 2 N–H and O–H groups in total. The Hall–Kier alpha value is -0.0300. The Balaban J connectivity index is 1.74. The fourth-order valence-corrected chi connectivity index (χ4v) is 5.58. The van der Waals surface area contributed by atoms with Crippen LogP contribution in [0.5, 0.6) is 0 Å². The van der Waals surface area contributed by atoms with Crippen LogP contribution in [0.25, 0.3) is 0 Å². The van der Waals surface area contributed by atoms with Gasteiger partial charge in [-0.25, -0.2) is 0 Å². The van der Waals surface area contributed by atoms with E-state index in [9.17, 15) is 0 Å². The molecule has 3 heterocycles. The van der Waals surface area contributed by atoms with E-state index in [1.54, 1.807) is 0 Å². The molecular formula is C14H21NOS2. The molecule has 3 atom stereocenters. The van der Waals surface area contributed by atoms with E-state index < -0.39 is 0 Å². The topological polar surface area (TPSA) is 35.2 Å². The van der Waals surface area contributed by atoms with E-state index in [0.29, 0.717) is 5.92 Å². The van der Waals surface area contributed by atoms with Crippen molar-refractivity contribution in [1.82, 2.24) is 0 Å². The lowest BCUT2D eigenvalue weighted by Crippen LogP contribution is -2.42. The minimum atomic E-state index is 0.149. The van der Waals surface area contributed by atoms with Crippen molar-refractivity contribution in [1.29, 1.82) is 0 Å². The van der Waals surface area contributed by atoms with Crippen LogP contribution >= 0.6 is 23.1 Å². The standard InChI is InChI=1S/C14H21NOS2/c1-10-3-6-18-13(10)12(15)11-2-5-16-14(8-11)4-7-17-9-14/h3,6,11-12H,2,4-5,7-9,15H2,1H3. The molecule has 2 aliphatic heterocycles. The third kappa shape index (κ3) is 2.36. The molecule has 0 bridgehead atoms. The zero-order valence-corrected chi connectivity index (χ0v) is 12.5. The maximum atomic E-state index is 6.51. The van der Waals surface area contributed by atoms with Crippen LogP contribution in [0.2, 0.25) is 0 Å². The SMILES string of the molecule is Cc1ccsc1C(N)C1CCOC2(CCSC2)C1. The van der Waals surface area contributed by atoms with Gasteiger partial charge in [-0.1, -0.05) is 0 Å². The zero-order chi connectivity index (χ0) is 12.6. The Morgan fingerprint density at radius 2 is 2.44 bits per heavy atom. The first-order chi connectivity index (χ1) is 8.70. The van der Waals surface area contributed by atoms with Crippen molar-refractivity contribution < 1.29 is 4.74 Å². The summed E-state index contributed by atoms with van der Waals surface area (Å²) in [5.41, 5.74) is 8.02. The van der Waals surface area contributed by atoms with E-state index in [1.165, 1.54) is 28.4 Å². The van der Waals surface area contributed by atoms with Crippen molar-refractivity contribution in [2.45, 2.75) is 37.8 Å². The highest BCUT2D eigenvalue weighted by molar-refractivity contribution is 7.99. The van der Waals surface area contributed by atoms with Gasteiger partial charge in [0.15, 0.2) is 0 Å². The van der Waals surface area contributed by atoms with E-state index in [0.717, 1.165) is 19.4 Å². The summed E-state index contributed by atoms with van der Waals surface area (Å²) < 4.78 is 6.08. The van der Waals surface area contributed by atoms with Gasteiger partial charge in [0.1, 0.15) is 0 Å². The number of rotatable bonds is 2. The van der Waals surface area contributed by atoms with Gasteiger partial charge in [0.25, 0.3) is 0 Å². The summed E-state index contributed by atoms with van der Waals surface area (Å²) in [6.45, 7) is 3.07. The van der Waals surface area contributed by atoms with Crippen LogP contribution < -0.4 is 5.73 Å². The van der Waals surface area contributed by atoms with Gasteiger partial charge < -0.3 is 10.5 Å². The van der Waals surface area contributed by atoms with Gasteiger partial charge in [-0.15, -0.1) is 11.3 Å². The molecule has 3 rings (SSSR count). The second-order valence-corrected chi connectivity index (χ2v) is 7.63. The number of aryl methyl sites for hydroxylation is 1. The second kappa shape index (κ2) is 5.16. The number of thioether (sulfide) groups is 1. The van der Waals surface area contributed by atoms with Gasteiger partial charge in [-0.3, -0.25) is 0 Å². The molecule has 1 spiro atoms. The fraction of sp³-hybridized carbons (Fsp3) is 0.714. The van der Waals surface area contributed by atoms with E-state index in [4.69, 9.17) is 10.5 Å². The number of thiophene rings is 1. The van der Waals surface area contributed by atoms with Gasteiger partial charge in [-0.05, 0) is 54.9 Å². The first-order valence-corrected chi connectivity index (χ1v) is 8.75. The normalized spacial score (nSPS) is 34.0. The molecule has 1 aromatic rings. The molecule has 0 amide bonds. The molecule has 18 heavy (non-hydrogen) atoms. The van der Waals surface area contributed by atoms with E-state index in [-0.39, 0.29) is 11.6 Å². The number of nitrogens with two attached hydrogens (primary N) is 1. The Labute approximate surface area is 117 Å². The predicted octanol–water partition coefficient (Wildman–Crippen LogP) is 3.36. The lowest BCUT2D eigenvalue weighted by Gasteiger charge is -2.40. The molecule has 0 saturated carbocycles. The van der Waals surface area contributed by atoms with Crippen LogP contribution in [-0.2, 0) is 4.74 Å². The molecule has 0 radical (unpaired) electrons. The maximum Gasteiger partial charge on any atom is 0.0783 e. The van der Waals surface area contributed by atoms with Crippen molar-refractivity contribution in [3.05, 3.63) is 21.9 Å². The predicted molar refractivity (Wildman–Crippen MR) is 79.3 cm³/mol. The minimum absolute atomic E-state index is 0.149. The Kier molecular flexibility index (Phi) is 3.72. The van der Waals surface area contributed by atoms with E-state index in [2.05, 4.69) is 18.4 Å². The van der Waals surface area contributed by atoms with Gasteiger partial charge in [0, 0.05) is 23.3 Å². The van der Waals surface area contributed by atoms with Crippen LogP contribution in [0.1, 0.15) is 35.7 Å². The summed E-state index contributed by atoms with van der Waals surface area (Å²) in [6.07, 6.45) is 3.48. The third-order valence-electron chi connectivity index (χ3n) is 4.31. The second-order valence-electron chi connectivity index (χ2n) is 5.58. The molecule has 0 aliphatic carbocycles. The van der Waals surface area contributed by atoms with E-state index in [1.807, 2.05) is 23.1 Å². The van der Waals surface area contributed by atoms with Gasteiger partial charge >= 0.3 is 0 Å². The minimum Gasteiger partial charge on any atom is -0.374 e. The number of ether oxygens (including phenoxy) is 1. The number of hydrogen-bond donors (Lipinski definition) is 1. The van der Waals surface area contributed by atoms with E-state index >= 15 is 0 Å². The zero-order valence-electron chi connectivity index (χ0n) is 10.9. The van der Waals surface area contributed by atoms with Gasteiger partial charge in [-0.2, -0.15) is 11.8 Å². The highest BCUT2D eigenvalue weighted by Crippen LogP contribution is 2.44. The van der Waals surface area contributed by atoms with Crippen LogP contribution in [0, 0.1) is 12.8 Å². The van der Waals surface area contributed by atoms with Crippen molar-refractivity contribution >= 4 is 23.1 Å². The van der Waals surface area contributed by atoms with Crippen molar-refractivity contribution in [2.24, 2.45) is 11.7 Å². The first-order valence-electron chi connectivity index (χ1n) is 6.71.